The zero-order valence-electron chi connectivity index (χ0n) is 12.0. The van der Waals surface area contributed by atoms with Crippen LogP contribution in [0.5, 0.6) is 0 Å². The normalized spacial score (nSPS) is 13.8. The van der Waals surface area contributed by atoms with Gasteiger partial charge in [0.1, 0.15) is 5.60 Å². The van der Waals surface area contributed by atoms with Crippen molar-refractivity contribution in [3.63, 3.8) is 0 Å². The molecule has 3 heteroatoms. The van der Waals surface area contributed by atoms with Crippen LogP contribution in [0.1, 0.15) is 61.8 Å². The smallest absolute Gasteiger partial charge is 0.308 e. The Kier molecular flexibility index (Phi) is 4.57. The van der Waals surface area contributed by atoms with E-state index >= 15 is 0 Å². The van der Waals surface area contributed by atoms with Crippen LogP contribution in [-0.4, -0.2) is 22.6 Å². The van der Waals surface area contributed by atoms with Crippen LogP contribution in [0.3, 0.4) is 0 Å². The molecule has 0 rings (SSSR count). The molecule has 3 nitrogen and oxygen atoms in total. The van der Waals surface area contributed by atoms with E-state index in [9.17, 15) is 4.79 Å². The SMILES string of the molecule is CC(C)(C)NC(C)(C)CC(=O)OC(C)(C)C. The molecule has 0 heterocycles. The number of hydrogen-bond acceptors (Lipinski definition) is 3. The summed E-state index contributed by atoms with van der Waals surface area (Å²) in [7, 11) is 0. The highest BCUT2D eigenvalue weighted by Crippen LogP contribution is 2.17. The maximum atomic E-state index is 11.7. The van der Waals surface area contributed by atoms with Crippen molar-refractivity contribution in [2.45, 2.75) is 78.5 Å². The van der Waals surface area contributed by atoms with Gasteiger partial charge in [0.2, 0.25) is 0 Å². The Bertz CT molecular complexity index is 244. The highest BCUT2D eigenvalue weighted by Gasteiger charge is 2.29. The summed E-state index contributed by atoms with van der Waals surface area (Å²) in [5.74, 6) is -0.158. The Morgan fingerprint density at radius 1 is 1.00 bits per heavy atom. The number of carbonyl (C=O) groups is 1. The van der Waals surface area contributed by atoms with E-state index in [1.165, 1.54) is 0 Å². The molecular weight excluding hydrogens is 202 g/mol. The lowest BCUT2D eigenvalue weighted by molar-refractivity contribution is -0.156. The Balaban J connectivity index is 4.32. The van der Waals surface area contributed by atoms with Crippen molar-refractivity contribution in [3.05, 3.63) is 0 Å². The Morgan fingerprint density at radius 3 is 1.75 bits per heavy atom. The van der Waals surface area contributed by atoms with Gasteiger partial charge in [-0.3, -0.25) is 4.79 Å². The fourth-order valence-corrected chi connectivity index (χ4v) is 1.80. The third-order valence-electron chi connectivity index (χ3n) is 1.72. The van der Waals surface area contributed by atoms with Gasteiger partial charge in [0.25, 0.3) is 0 Å². The Hall–Kier alpha value is -0.570. The highest BCUT2D eigenvalue weighted by atomic mass is 16.6. The van der Waals surface area contributed by atoms with Gasteiger partial charge < -0.3 is 10.1 Å². The molecular formula is C13H27NO2. The molecule has 0 unspecified atom stereocenters. The molecule has 0 aliphatic heterocycles. The minimum absolute atomic E-state index is 0.00842. The second-order valence-electron chi connectivity index (χ2n) is 7.02. The quantitative estimate of drug-likeness (QED) is 0.756. The van der Waals surface area contributed by atoms with Crippen LogP contribution in [0.15, 0.2) is 0 Å². The maximum absolute atomic E-state index is 11.7. The van der Waals surface area contributed by atoms with Gasteiger partial charge in [0, 0.05) is 11.1 Å². The predicted octanol–water partition coefficient (Wildman–Crippen LogP) is 2.88. The van der Waals surface area contributed by atoms with E-state index in [-0.39, 0.29) is 17.0 Å². The maximum Gasteiger partial charge on any atom is 0.308 e. The van der Waals surface area contributed by atoms with Crippen molar-refractivity contribution in [2.75, 3.05) is 0 Å². The van der Waals surface area contributed by atoms with Crippen LogP contribution < -0.4 is 5.32 Å². The molecule has 0 atom stereocenters. The fraction of sp³-hybridized carbons (Fsp3) is 0.923. The lowest BCUT2D eigenvalue weighted by Gasteiger charge is -2.34. The third-order valence-corrected chi connectivity index (χ3v) is 1.72. The van der Waals surface area contributed by atoms with Gasteiger partial charge in [-0.05, 0) is 55.4 Å². The van der Waals surface area contributed by atoms with Crippen LogP contribution >= 0.6 is 0 Å². The standard InChI is InChI=1S/C13H27NO2/c1-11(2,3)14-13(7,8)9-10(15)16-12(4,5)6/h14H,9H2,1-8H3. The Labute approximate surface area is 99.9 Å². The number of rotatable bonds is 3. The lowest BCUT2D eigenvalue weighted by atomic mass is 9.95. The summed E-state index contributed by atoms with van der Waals surface area (Å²) in [5.41, 5.74) is -0.666. The van der Waals surface area contributed by atoms with E-state index in [0.29, 0.717) is 6.42 Å². The summed E-state index contributed by atoms with van der Waals surface area (Å²) >= 11 is 0. The van der Waals surface area contributed by atoms with Gasteiger partial charge in [0.05, 0.1) is 6.42 Å². The molecule has 0 spiro atoms. The van der Waals surface area contributed by atoms with Crippen molar-refractivity contribution >= 4 is 5.97 Å². The topological polar surface area (TPSA) is 38.3 Å². The average molecular weight is 229 g/mol. The van der Waals surface area contributed by atoms with Crippen LogP contribution in [0.4, 0.5) is 0 Å². The van der Waals surface area contributed by atoms with Crippen molar-refractivity contribution in [3.8, 4) is 0 Å². The average Bonchev–Trinajstić information content (AvgIpc) is 1.70. The molecule has 1 N–H and O–H groups in total. The first-order valence-corrected chi connectivity index (χ1v) is 5.82. The summed E-state index contributed by atoms with van der Waals surface area (Å²) in [6, 6.07) is 0. The van der Waals surface area contributed by atoms with Crippen LogP contribution in [0.2, 0.25) is 0 Å². The molecule has 0 bridgehead atoms. The first kappa shape index (κ1) is 15.4. The summed E-state index contributed by atoms with van der Waals surface area (Å²) < 4.78 is 5.31. The van der Waals surface area contributed by atoms with Crippen LogP contribution in [0, 0.1) is 0 Å². The second-order valence-corrected chi connectivity index (χ2v) is 7.02. The van der Waals surface area contributed by atoms with Gasteiger partial charge in [-0.15, -0.1) is 0 Å². The molecule has 0 aromatic carbocycles. The zero-order chi connectivity index (χ0) is 13.2. The molecule has 0 aliphatic rings. The highest BCUT2D eigenvalue weighted by molar-refractivity contribution is 5.71. The molecule has 0 aromatic heterocycles. The molecule has 0 saturated carbocycles. The third kappa shape index (κ3) is 8.72. The minimum atomic E-state index is -0.408. The van der Waals surface area contributed by atoms with Crippen LogP contribution in [-0.2, 0) is 9.53 Å². The second kappa shape index (κ2) is 4.74. The number of ether oxygens (including phenoxy) is 1. The molecule has 0 saturated heterocycles. The summed E-state index contributed by atoms with van der Waals surface area (Å²) in [5, 5.41) is 3.41. The molecule has 0 radical (unpaired) electrons. The monoisotopic (exact) mass is 229 g/mol. The number of nitrogens with one attached hydrogen (secondary N) is 1. The van der Waals surface area contributed by atoms with E-state index in [0.717, 1.165) is 0 Å². The molecule has 96 valence electrons. The molecule has 0 aromatic rings. The number of hydrogen-bond donors (Lipinski definition) is 1. The number of carbonyl (C=O) groups excluding carboxylic acids is 1. The van der Waals surface area contributed by atoms with Crippen molar-refractivity contribution < 1.29 is 9.53 Å². The first-order valence-electron chi connectivity index (χ1n) is 5.82. The zero-order valence-corrected chi connectivity index (χ0v) is 12.0. The molecule has 0 fully saturated rings. The van der Waals surface area contributed by atoms with Crippen molar-refractivity contribution in [1.82, 2.24) is 5.32 Å². The minimum Gasteiger partial charge on any atom is -0.460 e. The Morgan fingerprint density at radius 2 is 1.44 bits per heavy atom. The molecule has 0 amide bonds. The van der Waals surface area contributed by atoms with Crippen LogP contribution in [0.25, 0.3) is 0 Å². The largest absolute Gasteiger partial charge is 0.460 e. The van der Waals surface area contributed by atoms with E-state index in [1.807, 2.05) is 34.6 Å². The summed E-state index contributed by atoms with van der Waals surface area (Å²) in [6.45, 7) is 15.9. The van der Waals surface area contributed by atoms with E-state index in [1.54, 1.807) is 0 Å². The van der Waals surface area contributed by atoms with Crippen molar-refractivity contribution in [2.24, 2.45) is 0 Å². The molecule has 16 heavy (non-hydrogen) atoms. The first-order chi connectivity index (χ1) is 6.81. The van der Waals surface area contributed by atoms with Gasteiger partial charge in [-0.1, -0.05) is 0 Å². The van der Waals surface area contributed by atoms with Gasteiger partial charge in [-0.25, -0.2) is 0 Å². The van der Waals surface area contributed by atoms with Gasteiger partial charge in [-0.2, -0.15) is 0 Å². The molecule has 0 aliphatic carbocycles. The lowest BCUT2D eigenvalue weighted by Crippen LogP contribution is -2.51. The summed E-state index contributed by atoms with van der Waals surface area (Å²) in [4.78, 5) is 11.7. The predicted molar refractivity (Wildman–Crippen MR) is 67.4 cm³/mol. The fourth-order valence-electron chi connectivity index (χ4n) is 1.80. The number of esters is 1. The van der Waals surface area contributed by atoms with E-state index in [2.05, 4.69) is 26.1 Å². The van der Waals surface area contributed by atoms with Gasteiger partial charge >= 0.3 is 5.97 Å². The van der Waals surface area contributed by atoms with Gasteiger partial charge in [0.15, 0.2) is 0 Å². The van der Waals surface area contributed by atoms with Crippen molar-refractivity contribution in [1.29, 1.82) is 0 Å². The van der Waals surface area contributed by atoms with E-state index in [4.69, 9.17) is 4.74 Å². The summed E-state index contributed by atoms with van der Waals surface area (Å²) in [6.07, 6.45) is 0.377. The van der Waals surface area contributed by atoms with E-state index < -0.39 is 5.60 Å².